The molecule has 0 aromatic rings. The van der Waals surface area contributed by atoms with E-state index in [0.29, 0.717) is 6.54 Å². The van der Waals surface area contributed by atoms with Crippen molar-refractivity contribution in [2.75, 3.05) is 6.54 Å². The molecule has 0 amide bonds. The van der Waals surface area contributed by atoms with E-state index < -0.39 is 0 Å². The molecule has 0 aromatic heterocycles. The monoisotopic (exact) mass is 194 g/mol. The Morgan fingerprint density at radius 3 is 2.64 bits per heavy atom. The first-order chi connectivity index (χ1) is 6.81. The van der Waals surface area contributed by atoms with Gasteiger partial charge in [0.1, 0.15) is 0 Å². The molecule has 2 bridgehead atoms. The molecule has 4 N–H and O–H groups in total. The molecule has 3 fully saturated rings. The Morgan fingerprint density at radius 1 is 1.07 bits per heavy atom. The molecule has 6 atom stereocenters. The van der Waals surface area contributed by atoms with Gasteiger partial charge in [0, 0.05) is 12.6 Å². The van der Waals surface area contributed by atoms with Gasteiger partial charge in [0.05, 0.1) is 0 Å². The average molecular weight is 194 g/mol. The third-order valence-corrected chi connectivity index (χ3v) is 5.31. The van der Waals surface area contributed by atoms with E-state index in [1.54, 1.807) is 0 Å². The second kappa shape index (κ2) is 3.21. The van der Waals surface area contributed by atoms with Crippen molar-refractivity contribution in [2.24, 2.45) is 41.1 Å². The van der Waals surface area contributed by atoms with Crippen LogP contribution in [0.2, 0.25) is 0 Å². The summed E-state index contributed by atoms with van der Waals surface area (Å²) in [6, 6.07) is 0.282. The lowest BCUT2D eigenvalue weighted by atomic mass is 9.76. The molecule has 0 saturated heterocycles. The molecule has 3 rings (SSSR count). The SMILES string of the molecule is NCC(N)C1CCC2C3CCC(C3)C12. The molecule has 80 valence electrons. The Bertz CT molecular complexity index is 228. The smallest absolute Gasteiger partial charge is 0.0194 e. The summed E-state index contributed by atoms with van der Waals surface area (Å²) >= 11 is 0. The lowest BCUT2D eigenvalue weighted by Gasteiger charge is -2.31. The molecule has 6 unspecified atom stereocenters. The Hall–Kier alpha value is -0.0800. The van der Waals surface area contributed by atoms with Gasteiger partial charge in [0.25, 0.3) is 0 Å². The molecule has 0 radical (unpaired) electrons. The van der Waals surface area contributed by atoms with Crippen LogP contribution in [0.4, 0.5) is 0 Å². The van der Waals surface area contributed by atoms with Crippen LogP contribution in [0.3, 0.4) is 0 Å². The van der Waals surface area contributed by atoms with Gasteiger partial charge in [0.2, 0.25) is 0 Å². The summed E-state index contributed by atoms with van der Waals surface area (Å²) in [6.45, 7) is 0.686. The standard InChI is InChI=1S/C12H22N2/c13-6-11(14)10-4-3-9-7-1-2-8(5-7)12(9)10/h7-12H,1-6,13-14H2. The largest absolute Gasteiger partial charge is 0.329 e. The average Bonchev–Trinajstić information content (AvgIpc) is 2.87. The molecule has 0 heterocycles. The van der Waals surface area contributed by atoms with Crippen LogP contribution in [0.25, 0.3) is 0 Å². The summed E-state index contributed by atoms with van der Waals surface area (Å²) in [5.41, 5.74) is 11.8. The first kappa shape index (κ1) is 9.17. The fourth-order valence-electron chi connectivity index (χ4n) is 4.80. The van der Waals surface area contributed by atoms with E-state index in [1.807, 2.05) is 0 Å². The van der Waals surface area contributed by atoms with E-state index in [2.05, 4.69) is 0 Å². The summed E-state index contributed by atoms with van der Waals surface area (Å²) < 4.78 is 0. The van der Waals surface area contributed by atoms with Gasteiger partial charge < -0.3 is 11.5 Å². The zero-order chi connectivity index (χ0) is 9.71. The number of hydrogen-bond acceptors (Lipinski definition) is 2. The lowest BCUT2D eigenvalue weighted by Crippen LogP contribution is -2.41. The van der Waals surface area contributed by atoms with Crippen LogP contribution in [-0.2, 0) is 0 Å². The molecule has 2 heteroatoms. The van der Waals surface area contributed by atoms with Crippen LogP contribution in [0.1, 0.15) is 32.1 Å². The first-order valence-electron chi connectivity index (χ1n) is 6.27. The van der Waals surface area contributed by atoms with Crippen molar-refractivity contribution in [3.8, 4) is 0 Å². The molecule has 3 aliphatic carbocycles. The Balaban J connectivity index is 1.78. The van der Waals surface area contributed by atoms with Gasteiger partial charge >= 0.3 is 0 Å². The normalized spacial score (nSPS) is 52.3. The zero-order valence-corrected chi connectivity index (χ0v) is 8.86. The molecule has 3 aliphatic rings. The van der Waals surface area contributed by atoms with Crippen molar-refractivity contribution >= 4 is 0 Å². The topological polar surface area (TPSA) is 52.0 Å². The van der Waals surface area contributed by atoms with Crippen molar-refractivity contribution in [3.63, 3.8) is 0 Å². The summed E-state index contributed by atoms with van der Waals surface area (Å²) in [6.07, 6.45) is 7.32. The molecule has 3 saturated carbocycles. The molecule has 0 aromatic carbocycles. The number of fused-ring (bicyclic) bond motifs is 5. The van der Waals surface area contributed by atoms with E-state index in [1.165, 1.54) is 32.1 Å². The molecule has 0 spiro atoms. The number of rotatable bonds is 2. The van der Waals surface area contributed by atoms with Crippen LogP contribution in [0.15, 0.2) is 0 Å². The molecule has 14 heavy (non-hydrogen) atoms. The van der Waals surface area contributed by atoms with E-state index in [-0.39, 0.29) is 6.04 Å². The highest BCUT2D eigenvalue weighted by Gasteiger charge is 2.53. The fourth-order valence-corrected chi connectivity index (χ4v) is 4.80. The summed E-state index contributed by atoms with van der Waals surface area (Å²) in [5.74, 6) is 4.86. The van der Waals surface area contributed by atoms with E-state index in [4.69, 9.17) is 11.5 Å². The van der Waals surface area contributed by atoms with Gasteiger partial charge in [-0.2, -0.15) is 0 Å². The van der Waals surface area contributed by atoms with Gasteiger partial charge in [0.15, 0.2) is 0 Å². The van der Waals surface area contributed by atoms with Crippen LogP contribution in [-0.4, -0.2) is 12.6 Å². The summed E-state index contributed by atoms with van der Waals surface area (Å²) in [7, 11) is 0. The van der Waals surface area contributed by atoms with Gasteiger partial charge in [-0.25, -0.2) is 0 Å². The Labute approximate surface area is 86.4 Å². The predicted molar refractivity (Wildman–Crippen MR) is 57.6 cm³/mol. The molecular formula is C12H22N2. The van der Waals surface area contributed by atoms with E-state index >= 15 is 0 Å². The number of hydrogen-bond donors (Lipinski definition) is 2. The maximum Gasteiger partial charge on any atom is 0.0194 e. The van der Waals surface area contributed by atoms with Crippen LogP contribution in [0.5, 0.6) is 0 Å². The van der Waals surface area contributed by atoms with Crippen LogP contribution < -0.4 is 11.5 Å². The highest BCUT2D eigenvalue weighted by molar-refractivity contribution is 5.04. The molecule has 2 nitrogen and oxygen atoms in total. The van der Waals surface area contributed by atoms with Gasteiger partial charge in [-0.05, 0) is 61.7 Å². The van der Waals surface area contributed by atoms with E-state index in [0.717, 1.165) is 29.6 Å². The van der Waals surface area contributed by atoms with Crippen molar-refractivity contribution in [3.05, 3.63) is 0 Å². The van der Waals surface area contributed by atoms with Gasteiger partial charge in [-0.1, -0.05) is 0 Å². The maximum atomic E-state index is 6.14. The predicted octanol–water partition coefficient (Wildman–Crippen LogP) is 1.34. The minimum Gasteiger partial charge on any atom is -0.329 e. The van der Waals surface area contributed by atoms with Crippen molar-refractivity contribution in [1.29, 1.82) is 0 Å². The highest BCUT2D eigenvalue weighted by Crippen LogP contribution is 2.60. The quantitative estimate of drug-likeness (QED) is 0.697. The first-order valence-corrected chi connectivity index (χ1v) is 6.27. The minimum atomic E-state index is 0.282. The highest BCUT2D eigenvalue weighted by atomic mass is 14.8. The van der Waals surface area contributed by atoms with E-state index in [9.17, 15) is 0 Å². The summed E-state index contributed by atoms with van der Waals surface area (Å²) in [5, 5.41) is 0. The van der Waals surface area contributed by atoms with Crippen molar-refractivity contribution < 1.29 is 0 Å². The fraction of sp³-hybridized carbons (Fsp3) is 1.00. The third kappa shape index (κ3) is 1.10. The van der Waals surface area contributed by atoms with Crippen LogP contribution in [0, 0.1) is 29.6 Å². The number of nitrogens with two attached hydrogens (primary N) is 2. The lowest BCUT2D eigenvalue weighted by molar-refractivity contribution is 0.193. The molecule has 0 aliphatic heterocycles. The second-order valence-electron chi connectivity index (χ2n) is 5.72. The van der Waals surface area contributed by atoms with Crippen molar-refractivity contribution in [1.82, 2.24) is 0 Å². The third-order valence-electron chi connectivity index (χ3n) is 5.31. The second-order valence-corrected chi connectivity index (χ2v) is 5.72. The Kier molecular flexibility index (Phi) is 2.10. The van der Waals surface area contributed by atoms with Gasteiger partial charge in [-0.15, -0.1) is 0 Å². The van der Waals surface area contributed by atoms with Crippen LogP contribution >= 0.6 is 0 Å². The maximum absolute atomic E-state index is 6.14. The summed E-state index contributed by atoms with van der Waals surface area (Å²) in [4.78, 5) is 0. The Morgan fingerprint density at radius 2 is 1.86 bits per heavy atom. The zero-order valence-electron chi connectivity index (χ0n) is 8.86. The minimum absolute atomic E-state index is 0.282. The van der Waals surface area contributed by atoms with Crippen molar-refractivity contribution in [2.45, 2.75) is 38.1 Å². The molecular weight excluding hydrogens is 172 g/mol. The van der Waals surface area contributed by atoms with Gasteiger partial charge in [-0.3, -0.25) is 0 Å².